The minimum absolute atomic E-state index is 0.331. The summed E-state index contributed by atoms with van der Waals surface area (Å²) in [6.07, 6.45) is 5.00. The smallest absolute Gasteiger partial charge is 0.240 e. The predicted octanol–water partition coefficient (Wildman–Crippen LogP) is 4.83. The Morgan fingerprint density at radius 2 is 1.79 bits per heavy atom. The molecule has 0 fully saturated rings. The van der Waals surface area contributed by atoms with Crippen molar-refractivity contribution in [3.8, 4) is 22.9 Å². The molecule has 0 aliphatic rings. The Morgan fingerprint density at radius 3 is 2.43 bits per heavy atom. The van der Waals surface area contributed by atoms with Gasteiger partial charge in [-0.2, -0.15) is 0 Å². The van der Waals surface area contributed by atoms with Crippen LogP contribution in [0.3, 0.4) is 0 Å². The van der Waals surface area contributed by atoms with Crippen LogP contribution in [0.25, 0.3) is 17.1 Å². The molecule has 0 aliphatic carbocycles. The van der Waals surface area contributed by atoms with Crippen molar-refractivity contribution in [2.45, 2.75) is 13.5 Å². The van der Waals surface area contributed by atoms with Gasteiger partial charge in [-0.15, -0.1) is 0 Å². The zero-order chi connectivity index (χ0) is 19.7. The van der Waals surface area contributed by atoms with Gasteiger partial charge in [0.1, 0.15) is 41.8 Å². The van der Waals surface area contributed by atoms with Crippen molar-refractivity contribution >= 4 is 0 Å². The maximum Gasteiger partial charge on any atom is 0.240 e. The molecular weight excluding hydrogens is 371 g/mol. The normalized spacial score (nSPS) is 11.0. The van der Waals surface area contributed by atoms with Crippen molar-refractivity contribution in [2.24, 2.45) is 0 Å². The summed E-state index contributed by atoms with van der Waals surface area (Å²) < 4.78 is 52.8. The molecule has 0 bridgehead atoms. The van der Waals surface area contributed by atoms with Crippen LogP contribution in [0, 0.1) is 24.4 Å². The van der Waals surface area contributed by atoms with E-state index in [1.165, 1.54) is 0 Å². The Kier molecular flexibility index (Phi) is 4.60. The van der Waals surface area contributed by atoms with Gasteiger partial charge in [-0.1, -0.05) is 5.16 Å². The summed E-state index contributed by atoms with van der Waals surface area (Å²) in [4.78, 5) is 3.98. The van der Waals surface area contributed by atoms with Crippen molar-refractivity contribution < 1.29 is 22.4 Å². The summed E-state index contributed by atoms with van der Waals surface area (Å²) >= 11 is 0. The van der Waals surface area contributed by atoms with E-state index in [1.54, 1.807) is 47.6 Å². The van der Waals surface area contributed by atoms with Gasteiger partial charge in [0.05, 0.1) is 5.56 Å². The molecule has 0 saturated heterocycles. The lowest BCUT2D eigenvalue weighted by molar-refractivity contribution is 0.292. The summed E-state index contributed by atoms with van der Waals surface area (Å²) in [5.41, 5.74) is 1.95. The van der Waals surface area contributed by atoms with Gasteiger partial charge in [0.15, 0.2) is 0 Å². The second kappa shape index (κ2) is 7.22. The molecule has 2 aromatic carbocycles. The number of halogens is 3. The molecule has 0 spiro atoms. The third-order valence-electron chi connectivity index (χ3n) is 4.26. The van der Waals surface area contributed by atoms with E-state index in [2.05, 4.69) is 10.1 Å². The lowest BCUT2D eigenvalue weighted by Crippen LogP contribution is -2.03. The average Bonchev–Trinajstić information content (AvgIpc) is 3.31. The van der Waals surface area contributed by atoms with E-state index in [-0.39, 0.29) is 12.2 Å². The molecule has 0 N–H and O–H groups in total. The molecule has 5 nitrogen and oxygen atoms in total. The monoisotopic (exact) mass is 385 g/mol. The Hall–Kier alpha value is -3.55. The fourth-order valence-electron chi connectivity index (χ4n) is 2.79. The first kappa shape index (κ1) is 17.8. The lowest BCUT2D eigenvalue weighted by atomic mass is 10.1. The molecule has 4 aromatic rings. The third kappa shape index (κ3) is 3.36. The molecule has 8 heteroatoms. The molecule has 2 aromatic heterocycles. The SMILES string of the molecule is Cc1c(-c2ccc(OCc3c(F)cc(F)cc3F)cc2)noc1-n1ccnc1. The van der Waals surface area contributed by atoms with Gasteiger partial charge in [0.25, 0.3) is 0 Å². The number of ether oxygens (including phenoxy) is 1. The first-order valence-corrected chi connectivity index (χ1v) is 8.34. The molecule has 28 heavy (non-hydrogen) atoms. The van der Waals surface area contributed by atoms with E-state index in [1.807, 2.05) is 6.92 Å². The van der Waals surface area contributed by atoms with Crippen molar-refractivity contribution in [2.75, 3.05) is 0 Å². The maximum absolute atomic E-state index is 13.7. The minimum atomic E-state index is -0.987. The zero-order valence-corrected chi connectivity index (χ0v) is 14.7. The van der Waals surface area contributed by atoms with Gasteiger partial charge < -0.3 is 9.26 Å². The molecule has 0 amide bonds. The summed E-state index contributed by atoms with van der Waals surface area (Å²) in [5, 5.41) is 4.10. The van der Waals surface area contributed by atoms with E-state index in [0.717, 1.165) is 11.1 Å². The Balaban J connectivity index is 1.51. The highest BCUT2D eigenvalue weighted by Crippen LogP contribution is 2.28. The van der Waals surface area contributed by atoms with Gasteiger partial charge in [0.2, 0.25) is 5.88 Å². The molecule has 4 rings (SSSR count). The van der Waals surface area contributed by atoms with E-state index >= 15 is 0 Å². The highest BCUT2D eigenvalue weighted by molar-refractivity contribution is 5.65. The standard InChI is InChI=1S/C20H14F3N3O2/c1-12-19(25-28-20(12)26-7-6-24-11-26)13-2-4-15(5-3-13)27-10-16-17(22)8-14(21)9-18(16)23/h2-9,11H,10H2,1H3. The largest absolute Gasteiger partial charge is 0.489 e. The predicted molar refractivity (Wildman–Crippen MR) is 94.4 cm³/mol. The van der Waals surface area contributed by atoms with Crippen LogP contribution in [0.5, 0.6) is 5.75 Å². The Labute approximate surface area is 158 Å². The molecule has 0 aliphatic heterocycles. The Bertz CT molecular complexity index is 1080. The van der Waals surface area contributed by atoms with Crippen LogP contribution < -0.4 is 4.74 Å². The van der Waals surface area contributed by atoms with Gasteiger partial charge in [-0.25, -0.2) is 18.2 Å². The fraction of sp³-hybridized carbons (Fsp3) is 0.100. The quantitative estimate of drug-likeness (QED) is 0.494. The van der Waals surface area contributed by atoms with Crippen molar-refractivity contribution in [3.63, 3.8) is 0 Å². The van der Waals surface area contributed by atoms with Crippen molar-refractivity contribution in [1.82, 2.24) is 14.7 Å². The van der Waals surface area contributed by atoms with E-state index in [9.17, 15) is 13.2 Å². The topological polar surface area (TPSA) is 53.1 Å². The highest BCUT2D eigenvalue weighted by atomic mass is 19.1. The summed E-state index contributed by atoms with van der Waals surface area (Å²) in [5.74, 6) is -1.97. The van der Waals surface area contributed by atoms with E-state index in [0.29, 0.717) is 29.5 Å². The number of hydrogen-bond donors (Lipinski definition) is 0. The maximum atomic E-state index is 13.7. The van der Waals surface area contributed by atoms with Crippen molar-refractivity contribution in [1.29, 1.82) is 0 Å². The molecule has 142 valence electrons. The van der Waals surface area contributed by atoms with Crippen LogP contribution in [0.4, 0.5) is 13.2 Å². The highest BCUT2D eigenvalue weighted by Gasteiger charge is 2.16. The van der Waals surface area contributed by atoms with Crippen LogP contribution in [-0.4, -0.2) is 14.7 Å². The van der Waals surface area contributed by atoms with E-state index in [4.69, 9.17) is 9.26 Å². The van der Waals surface area contributed by atoms with Crippen LogP contribution >= 0.6 is 0 Å². The van der Waals surface area contributed by atoms with Gasteiger partial charge in [0, 0.05) is 35.7 Å². The van der Waals surface area contributed by atoms with Crippen LogP contribution in [-0.2, 0) is 6.61 Å². The first-order chi connectivity index (χ1) is 13.5. The molecule has 0 saturated carbocycles. The molecule has 0 radical (unpaired) electrons. The summed E-state index contributed by atoms with van der Waals surface area (Å²) in [6.45, 7) is 1.52. The number of hydrogen-bond acceptors (Lipinski definition) is 4. The van der Waals surface area contributed by atoms with Gasteiger partial charge in [-0.05, 0) is 31.2 Å². The lowest BCUT2D eigenvalue weighted by Gasteiger charge is -2.09. The Morgan fingerprint density at radius 1 is 1.07 bits per heavy atom. The molecule has 0 unspecified atom stereocenters. The van der Waals surface area contributed by atoms with E-state index < -0.39 is 17.5 Å². The molecular formula is C20H14F3N3O2. The van der Waals surface area contributed by atoms with Gasteiger partial charge in [-0.3, -0.25) is 4.57 Å². The van der Waals surface area contributed by atoms with Crippen molar-refractivity contribution in [3.05, 3.63) is 83.7 Å². The second-order valence-corrected chi connectivity index (χ2v) is 6.09. The first-order valence-electron chi connectivity index (χ1n) is 8.34. The number of nitrogens with zero attached hydrogens (tertiary/aromatic N) is 3. The number of aromatic nitrogens is 3. The van der Waals surface area contributed by atoms with Crippen LogP contribution in [0.1, 0.15) is 11.1 Å². The van der Waals surface area contributed by atoms with Crippen LogP contribution in [0.15, 0.2) is 59.6 Å². The minimum Gasteiger partial charge on any atom is -0.489 e. The second-order valence-electron chi connectivity index (χ2n) is 6.09. The number of imidazole rings is 1. The third-order valence-corrected chi connectivity index (χ3v) is 4.26. The summed E-state index contributed by atoms with van der Waals surface area (Å²) in [6, 6.07) is 8.07. The number of rotatable bonds is 5. The molecule has 0 atom stereocenters. The average molecular weight is 385 g/mol. The van der Waals surface area contributed by atoms with Gasteiger partial charge >= 0.3 is 0 Å². The molecule has 2 heterocycles. The number of benzene rings is 2. The fourth-order valence-corrected chi connectivity index (χ4v) is 2.79. The summed E-state index contributed by atoms with van der Waals surface area (Å²) in [7, 11) is 0. The zero-order valence-electron chi connectivity index (χ0n) is 14.7. The van der Waals surface area contributed by atoms with Crippen LogP contribution in [0.2, 0.25) is 0 Å².